The van der Waals surface area contributed by atoms with Gasteiger partial charge in [0.25, 0.3) is 0 Å². The van der Waals surface area contributed by atoms with Crippen molar-refractivity contribution in [2.24, 2.45) is 0 Å². The van der Waals surface area contributed by atoms with Gasteiger partial charge in [-0.05, 0) is 37.5 Å². The second-order valence-corrected chi connectivity index (χ2v) is 6.43. The lowest BCUT2D eigenvalue weighted by molar-refractivity contribution is 0.576. The maximum atomic E-state index is 13.2. The molecular weight excluding hydrogens is 285 g/mol. The van der Waals surface area contributed by atoms with Crippen LogP contribution in [0.15, 0.2) is 29.4 Å². The molecule has 1 aliphatic carbocycles. The van der Waals surface area contributed by atoms with Gasteiger partial charge in [0.2, 0.25) is 0 Å². The Bertz CT molecular complexity index is 605. The van der Waals surface area contributed by atoms with E-state index in [1.807, 2.05) is 6.07 Å². The highest BCUT2D eigenvalue weighted by atomic mass is 32.2. The molecule has 0 radical (unpaired) electrons. The van der Waals surface area contributed by atoms with E-state index in [2.05, 4.69) is 21.7 Å². The number of hydrogen-bond acceptors (Lipinski definition) is 3. The predicted octanol–water partition coefficient (Wildman–Crippen LogP) is 4.39. The Morgan fingerprint density at radius 3 is 2.81 bits per heavy atom. The second-order valence-electron chi connectivity index (χ2n) is 5.49. The van der Waals surface area contributed by atoms with Gasteiger partial charge in [0, 0.05) is 18.2 Å². The lowest BCUT2D eigenvalue weighted by atomic mass is 10.1. The van der Waals surface area contributed by atoms with Crippen molar-refractivity contribution in [1.29, 1.82) is 0 Å². The van der Waals surface area contributed by atoms with Gasteiger partial charge in [0.15, 0.2) is 5.16 Å². The van der Waals surface area contributed by atoms with E-state index >= 15 is 0 Å². The first-order valence-electron chi connectivity index (χ1n) is 7.58. The van der Waals surface area contributed by atoms with Crippen molar-refractivity contribution in [2.45, 2.75) is 56.0 Å². The van der Waals surface area contributed by atoms with Crippen LogP contribution in [0.5, 0.6) is 0 Å². The van der Waals surface area contributed by atoms with Gasteiger partial charge in [-0.15, -0.1) is 10.2 Å². The smallest absolute Gasteiger partial charge is 0.191 e. The van der Waals surface area contributed by atoms with Crippen molar-refractivity contribution in [3.05, 3.63) is 41.5 Å². The molecule has 3 nitrogen and oxygen atoms in total. The fourth-order valence-corrected chi connectivity index (χ4v) is 3.92. The van der Waals surface area contributed by atoms with Crippen LogP contribution < -0.4 is 0 Å². The summed E-state index contributed by atoms with van der Waals surface area (Å²) >= 11 is 1.64. The van der Waals surface area contributed by atoms with Gasteiger partial charge in [0.1, 0.15) is 11.6 Å². The third-order valence-corrected chi connectivity index (χ3v) is 5.08. The van der Waals surface area contributed by atoms with Gasteiger partial charge in [0.05, 0.1) is 0 Å². The Hall–Kier alpha value is -1.36. The average molecular weight is 305 g/mol. The number of aromatic nitrogens is 3. The van der Waals surface area contributed by atoms with Crippen LogP contribution >= 0.6 is 11.8 Å². The molecular formula is C16H20FN3S. The molecule has 0 bridgehead atoms. The summed E-state index contributed by atoms with van der Waals surface area (Å²) in [5.74, 6) is 2.25. The standard InChI is InChI=1S/C16H20FN3S/c1-2-20-15(13-7-3-4-8-13)18-19-16(20)21-11-12-6-5-9-14(17)10-12/h5-6,9-10,13H,2-4,7-8,11H2,1H3. The highest BCUT2D eigenvalue weighted by Gasteiger charge is 2.23. The molecule has 1 heterocycles. The van der Waals surface area contributed by atoms with Crippen molar-refractivity contribution in [3.8, 4) is 0 Å². The SMILES string of the molecule is CCn1c(SCc2cccc(F)c2)nnc1C1CCCC1. The fraction of sp³-hybridized carbons (Fsp3) is 0.500. The first-order valence-corrected chi connectivity index (χ1v) is 8.57. The van der Waals surface area contributed by atoms with Crippen molar-refractivity contribution >= 4 is 11.8 Å². The number of nitrogens with zero attached hydrogens (tertiary/aromatic N) is 3. The number of thioether (sulfide) groups is 1. The lowest BCUT2D eigenvalue weighted by Crippen LogP contribution is -2.06. The van der Waals surface area contributed by atoms with Gasteiger partial charge in [-0.25, -0.2) is 4.39 Å². The molecule has 0 aliphatic heterocycles. The molecule has 0 amide bonds. The Morgan fingerprint density at radius 1 is 1.29 bits per heavy atom. The molecule has 0 saturated heterocycles. The first-order chi connectivity index (χ1) is 10.3. The highest BCUT2D eigenvalue weighted by molar-refractivity contribution is 7.98. The number of rotatable bonds is 5. The van der Waals surface area contributed by atoms with Crippen LogP contribution in [0.25, 0.3) is 0 Å². The maximum absolute atomic E-state index is 13.2. The molecule has 1 aromatic heterocycles. The number of benzene rings is 1. The van der Waals surface area contributed by atoms with Gasteiger partial charge in [-0.3, -0.25) is 0 Å². The van der Waals surface area contributed by atoms with E-state index < -0.39 is 0 Å². The average Bonchev–Trinajstić information content (AvgIpc) is 3.13. The van der Waals surface area contributed by atoms with Gasteiger partial charge in [-0.2, -0.15) is 0 Å². The third-order valence-electron chi connectivity index (χ3n) is 4.04. The minimum absolute atomic E-state index is 0.184. The summed E-state index contributed by atoms with van der Waals surface area (Å²) in [7, 11) is 0. The molecule has 1 aliphatic rings. The summed E-state index contributed by atoms with van der Waals surface area (Å²) in [5.41, 5.74) is 0.980. The zero-order chi connectivity index (χ0) is 14.7. The summed E-state index contributed by atoms with van der Waals surface area (Å²) in [4.78, 5) is 0. The lowest BCUT2D eigenvalue weighted by Gasteiger charge is -2.11. The van der Waals surface area contributed by atoms with Crippen LogP contribution in [0.4, 0.5) is 4.39 Å². The normalized spacial score (nSPS) is 15.7. The molecule has 0 N–H and O–H groups in total. The van der Waals surface area contributed by atoms with E-state index in [0.29, 0.717) is 5.92 Å². The summed E-state index contributed by atoms with van der Waals surface area (Å²) in [5, 5.41) is 9.72. The minimum Gasteiger partial charge on any atom is -0.306 e. The molecule has 21 heavy (non-hydrogen) atoms. The Morgan fingerprint density at radius 2 is 2.10 bits per heavy atom. The zero-order valence-electron chi connectivity index (χ0n) is 12.3. The van der Waals surface area contributed by atoms with Crippen LogP contribution in [0.3, 0.4) is 0 Å². The molecule has 0 unspecified atom stereocenters. The largest absolute Gasteiger partial charge is 0.306 e. The van der Waals surface area contributed by atoms with Crippen LogP contribution in [0.1, 0.15) is 49.9 Å². The van der Waals surface area contributed by atoms with Crippen molar-refractivity contribution in [3.63, 3.8) is 0 Å². The Kier molecular flexibility index (Phi) is 4.58. The highest BCUT2D eigenvalue weighted by Crippen LogP contribution is 2.34. The monoisotopic (exact) mass is 305 g/mol. The van der Waals surface area contributed by atoms with Crippen LogP contribution in [-0.4, -0.2) is 14.8 Å². The zero-order valence-corrected chi connectivity index (χ0v) is 13.1. The van der Waals surface area contributed by atoms with Crippen molar-refractivity contribution < 1.29 is 4.39 Å². The van der Waals surface area contributed by atoms with Gasteiger partial charge >= 0.3 is 0 Å². The van der Waals surface area contributed by atoms with Crippen molar-refractivity contribution in [1.82, 2.24) is 14.8 Å². The third kappa shape index (κ3) is 3.28. The molecule has 0 spiro atoms. The Labute approximate surface area is 129 Å². The molecule has 1 aromatic carbocycles. The summed E-state index contributed by atoms with van der Waals surface area (Å²) in [6.07, 6.45) is 5.05. The molecule has 1 fully saturated rings. The van der Waals surface area contributed by atoms with E-state index in [-0.39, 0.29) is 5.82 Å². The van der Waals surface area contributed by atoms with Crippen LogP contribution in [0.2, 0.25) is 0 Å². The topological polar surface area (TPSA) is 30.7 Å². The minimum atomic E-state index is -0.184. The molecule has 112 valence electrons. The van der Waals surface area contributed by atoms with Gasteiger partial charge < -0.3 is 4.57 Å². The fourth-order valence-electron chi connectivity index (χ4n) is 2.96. The molecule has 2 aromatic rings. The summed E-state index contributed by atoms with van der Waals surface area (Å²) < 4.78 is 15.4. The predicted molar refractivity (Wildman–Crippen MR) is 82.9 cm³/mol. The van der Waals surface area contributed by atoms with E-state index in [4.69, 9.17) is 0 Å². The van der Waals surface area contributed by atoms with E-state index in [1.54, 1.807) is 23.9 Å². The van der Waals surface area contributed by atoms with Crippen LogP contribution in [-0.2, 0) is 12.3 Å². The molecule has 3 rings (SSSR count). The van der Waals surface area contributed by atoms with E-state index in [0.717, 1.165) is 28.8 Å². The van der Waals surface area contributed by atoms with Crippen molar-refractivity contribution in [2.75, 3.05) is 0 Å². The van der Waals surface area contributed by atoms with Crippen LogP contribution in [0, 0.1) is 5.82 Å². The Balaban J connectivity index is 1.73. The van der Waals surface area contributed by atoms with Gasteiger partial charge in [-0.1, -0.05) is 36.7 Å². The summed E-state index contributed by atoms with van der Waals surface area (Å²) in [6.45, 7) is 3.03. The summed E-state index contributed by atoms with van der Waals surface area (Å²) in [6, 6.07) is 6.75. The van der Waals surface area contributed by atoms with E-state index in [1.165, 1.54) is 31.7 Å². The first kappa shape index (κ1) is 14.6. The molecule has 1 saturated carbocycles. The molecule has 5 heteroatoms. The molecule has 0 atom stereocenters. The van der Waals surface area contributed by atoms with E-state index in [9.17, 15) is 4.39 Å². The number of halogens is 1. The second kappa shape index (κ2) is 6.60. The quantitative estimate of drug-likeness (QED) is 0.768. The maximum Gasteiger partial charge on any atom is 0.191 e. The number of hydrogen-bond donors (Lipinski definition) is 0.